The first-order valence-electron chi connectivity index (χ1n) is 4.60. The van der Waals surface area contributed by atoms with Gasteiger partial charge in [0, 0.05) is 12.8 Å². The van der Waals surface area contributed by atoms with Crippen LogP contribution in [0, 0.1) is 0 Å². The first-order chi connectivity index (χ1) is 5.58. The van der Waals surface area contributed by atoms with Crippen LogP contribution in [0.1, 0.15) is 33.1 Å². The summed E-state index contributed by atoms with van der Waals surface area (Å²) in [6.07, 6.45) is 1.99. The molecule has 3 nitrogen and oxygen atoms in total. The normalized spacial score (nSPS) is 52.8. The highest BCUT2D eigenvalue weighted by Crippen LogP contribution is 2.44. The van der Waals surface area contributed by atoms with Crippen molar-refractivity contribution in [1.29, 1.82) is 0 Å². The number of fused-ring (bicyclic) bond motifs is 2. The monoisotopic (exact) mass is 172 g/mol. The van der Waals surface area contributed by atoms with E-state index in [1.54, 1.807) is 0 Å². The number of aliphatic hydroxyl groups excluding tert-OH is 1. The predicted octanol–water partition coefficient (Wildman–Crippen LogP) is 1.05. The Bertz CT molecular complexity index is 194. The van der Waals surface area contributed by atoms with Crippen molar-refractivity contribution in [2.75, 3.05) is 6.61 Å². The van der Waals surface area contributed by atoms with Gasteiger partial charge in [-0.2, -0.15) is 0 Å². The van der Waals surface area contributed by atoms with Gasteiger partial charge in [0.25, 0.3) is 0 Å². The lowest BCUT2D eigenvalue weighted by Gasteiger charge is -2.37. The van der Waals surface area contributed by atoms with Crippen molar-refractivity contribution in [1.82, 2.24) is 0 Å². The van der Waals surface area contributed by atoms with Gasteiger partial charge < -0.3 is 14.6 Å². The van der Waals surface area contributed by atoms with Crippen LogP contribution in [0.5, 0.6) is 0 Å². The highest BCUT2D eigenvalue weighted by molar-refractivity contribution is 4.96. The summed E-state index contributed by atoms with van der Waals surface area (Å²) in [5.74, 6) is -0.520. The van der Waals surface area contributed by atoms with Gasteiger partial charge in [0.2, 0.25) is 0 Å². The third-order valence-corrected chi connectivity index (χ3v) is 2.93. The Balaban J connectivity index is 2.20. The number of rotatable bonds is 1. The Morgan fingerprint density at radius 2 is 2.25 bits per heavy atom. The Morgan fingerprint density at radius 3 is 2.92 bits per heavy atom. The van der Waals surface area contributed by atoms with E-state index in [2.05, 4.69) is 6.92 Å². The van der Waals surface area contributed by atoms with Gasteiger partial charge >= 0.3 is 0 Å². The first kappa shape index (κ1) is 8.48. The lowest BCUT2D eigenvalue weighted by atomic mass is 9.89. The minimum absolute atomic E-state index is 0.202. The summed E-state index contributed by atoms with van der Waals surface area (Å²) < 4.78 is 11.4. The van der Waals surface area contributed by atoms with E-state index in [9.17, 15) is 5.11 Å². The summed E-state index contributed by atoms with van der Waals surface area (Å²) in [5.41, 5.74) is -0.202. The zero-order valence-electron chi connectivity index (χ0n) is 7.67. The topological polar surface area (TPSA) is 38.7 Å². The molecule has 0 aromatic heterocycles. The molecule has 0 radical (unpaired) electrons. The van der Waals surface area contributed by atoms with Gasteiger partial charge in [-0.1, -0.05) is 6.92 Å². The number of hydrogen-bond donors (Lipinski definition) is 1. The van der Waals surface area contributed by atoms with Crippen LogP contribution >= 0.6 is 0 Å². The number of hydrogen-bond acceptors (Lipinski definition) is 3. The minimum atomic E-state index is -0.520. The van der Waals surface area contributed by atoms with E-state index in [0.29, 0.717) is 13.0 Å². The SMILES string of the molecule is CCC12COC(C)(CC(O)C1)O2. The zero-order valence-corrected chi connectivity index (χ0v) is 7.67. The lowest BCUT2D eigenvalue weighted by Crippen LogP contribution is -2.45. The summed E-state index contributed by atoms with van der Waals surface area (Å²) in [4.78, 5) is 0. The first-order valence-corrected chi connectivity index (χ1v) is 4.60. The highest BCUT2D eigenvalue weighted by atomic mass is 16.8. The minimum Gasteiger partial charge on any atom is -0.393 e. The van der Waals surface area contributed by atoms with Gasteiger partial charge in [0.15, 0.2) is 5.79 Å². The second kappa shape index (κ2) is 2.44. The quantitative estimate of drug-likeness (QED) is 0.642. The summed E-state index contributed by atoms with van der Waals surface area (Å²) in [6.45, 7) is 4.62. The van der Waals surface area contributed by atoms with E-state index in [-0.39, 0.29) is 11.7 Å². The van der Waals surface area contributed by atoms with Gasteiger partial charge in [-0.25, -0.2) is 0 Å². The summed E-state index contributed by atoms with van der Waals surface area (Å²) >= 11 is 0. The molecule has 70 valence electrons. The molecule has 1 N–H and O–H groups in total. The smallest absolute Gasteiger partial charge is 0.168 e. The Hall–Kier alpha value is -0.120. The molecule has 3 unspecified atom stereocenters. The zero-order chi connectivity index (χ0) is 8.82. The van der Waals surface area contributed by atoms with E-state index in [1.165, 1.54) is 0 Å². The Labute approximate surface area is 72.7 Å². The van der Waals surface area contributed by atoms with Crippen molar-refractivity contribution in [3.05, 3.63) is 0 Å². The second-order valence-electron chi connectivity index (χ2n) is 4.12. The maximum absolute atomic E-state index is 9.59. The standard InChI is InChI=1S/C9H16O3/c1-3-9-5-7(10)4-8(2,12-9)11-6-9/h7,10H,3-6H2,1-2H3. The molecule has 0 aliphatic carbocycles. The fourth-order valence-corrected chi connectivity index (χ4v) is 2.25. The predicted molar refractivity (Wildman–Crippen MR) is 43.7 cm³/mol. The third-order valence-electron chi connectivity index (χ3n) is 2.93. The van der Waals surface area contributed by atoms with Crippen molar-refractivity contribution in [3.8, 4) is 0 Å². The van der Waals surface area contributed by atoms with Crippen molar-refractivity contribution in [2.45, 2.75) is 50.6 Å². The second-order valence-corrected chi connectivity index (χ2v) is 4.12. The van der Waals surface area contributed by atoms with Gasteiger partial charge in [-0.05, 0) is 13.3 Å². The molecular weight excluding hydrogens is 156 g/mol. The summed E-state index contributed by atoms with van der Waals surface area (Å²) in [5, 5.41) is 9.59. The fourth-order valence-electron chi connectivity index (χ4n) is 2.25. The molecule has 0 amide bonds. The van der Waals surface area contributed by atoms with Crippen molar-refractivity contribution in [2.24, 2.45) is 0 Å². The summed E-state index contributed by atoms with van der Waals surface area (Å²) in [7, 11) is 0. The molecule has 0 spiro atoms. The van der Waals surface area contributed by atoms with Crippen molar-refractivity contribution >= 4 is 0 Å². The van der Waals surface area contributed by atoms with Crippen LogP contribution in [0.2, 0.25) is 0 Å². The van der Waals surface area contributed by atoms with E-state index < -0.39 is 5.79 Å². The third kappa shape index (κ3) is 1.16. The lowest BCUT2D eigenvalue weighted by molar-refractivity contribution is -0.223. The summed E-state index contributed by atoms with van der Waals surface area (Å²) in [6, 6.07) is 0. The molecule has 2 saturated heterocycles. The molecule has 2 bridgehead atoms. The van der Waals surface area contributed by atoms with Crippen LogP contribution in [0.4, 0.5) is 0 Å². The van der Waals surface area contributed by atoms with Gasteiger partial charge in [-0.3, -0.25) is 0 Å². The molecule has 3 atom stereocenters. The van der Waals surface area contributed by atoms with E-state index in [1.807, 2.05) is 6.92 Å². The molecule has 12 heavy (non-hydrogen) atoms. The highest BCUT2D eigenvalue weighted by Gasteiger charge is 2.52. The van der Waals surface area contributed by atoms with Crippen LogP contribution in [0.25, 0.3) is 0 Å². The van der Waals surface area contributed by atoms with Crippen LogP contribution in [-0.2, 0) is 9.47 Å². The molecule has 2 aliphatic heterocycles. The molecule has 0 aromatic carbocycles. The Kier molecular flexibility index (Phi) is 1.72. The largest absolute Gasteiger partial charge is 0.393 e. The number of ether oxygens (including phenoxy) is 2. The number of aliphatic hydroxyl groups is 1. The Morgan fingerprint density at radius 1 is 1.50 bits per heavy atom. The maximum atomic E-state index is 9.59. The van der Waals surface area contributed by atoms with Crippen LogP contribution in [-0.4, -0.2) is 29.2 Å². The van der Waals surface area contributed by atoms with Crippen LogP contribution in [0.15, 0.2) is 0 Å². The van der Waals surface area contributed by atoms with E-state index >= 15 is 0 Å². The van der Waals surface area contributed by atoms with Crippen LogP contribution < -0.4 is 0 Å². The molecule has 2 aliphatic rings. The fraction of sp³-hybridized carbons (Fsp3) is 1.00. The van der Waals surface area contributed by atoms with E-state index in [0.717, 1.165) is 12.8 Å². The molecule has 0 saturated carbocycles. The van der Waals surface area contributed by atoms with Crippen molar-refractivity contribution < 1.29 is 14.6 Å². The average Bonchev–Trinajstić information content (AvgIpc) is 2.23. The maximum Gasteiger partial charge on any atom is 0.168 e. The van der Waals surface area contributed by atoms with Gasteiger partial charge in [0.1, 0.15) is 0 Å². The molecule has 2 rings (SSSR count). The molecule has 2 heterocycles. The van der Waals surface area contributed by atoms with Crippen molar-refractivity contribution in [3.63, 3.8) is 0 Å². The molecule has 3 heteroatoms. The van der Waals surface area contributed by atoms with Crippen LogP contribution in [0.3, 0.4) is 0 Å². The molecular formula is C9H16O3. The average molecular weight is 172 g/mol. The molecule has 0 aromatic rings. The van der Waals surface area contributed by atoms with Gasteiger partial charge in [-0.15, -0.1) is 0 Å². The van der Waals surface area contributed by atoms with Gasteiger partial charge in [0.05, 0.1) is 18.3 Å². The molecule has 2 fully saturated rings. The van der Waals surface area contributed by atoms with E-state index in [4.69, 9.17) is 9.47 Å².